The number of thiophene rings is 1. The van der Waals surface area contributed by atoms with Crippen LogP contribution in [0.1, 0.15) is 16.2 Å². The highest BCUT2D eigenvalue weighted by atomic mass is 32.1. The second-order valence-corrected chi connectivity index (χ2v) is 5.12. The van der Waals surface area contributed by atoms with Gasteiger partial charge in [-0.15, -0.1) is 11.3 Å². The molecule has 1 aliphatic heterocycles. The quantitative estimate of drug-likeness (QED) is 0.852. The fourth-order valence-electron chi connectivity index (χ4n) is 1.60. The molecule has 1 fully saturated rings. The second-order valence-electron chi connectivity index (χ2n) is 3.75. The molecule has 3 nitrogen and oxygen atoms in total. The van der Waals surface area contributed by atoms with Crippen LogP contribution in [0.25, 0.3) is 0 Å². The first kappa shape index (κ1) is 11.1. The summed E-state index contributed by atoms with van der Waals surface area (Å²) in [5, 5.41) is 3.41. The zero-order valence-electron chi connectivity index (χ0n) is 8.99. The molecule has 15 heavy (non-hydrogen) atoms. The topological polar surface area (TPSA) is 30.5 Å². The van der Waals surface area contributed by atoms with Crippen molar-refractivity contribution in [1.82, 2.24) is 5.32 Å². The first-order valence-electron chi connectivity index (χ1n) is 5.30. The van der Waals surface area contributed by atoms with E-state index >= 15 is 0 Å². The lowest BCUT2D eigenvalue weighted by molar-refractivity contribution is -0.137. The Labute approximate surface area is 94.4 Å². The lowest BCUT2D eigenvalue weighted by atomic mass is 10.2. The zero-order valence-corrected chi connectivity index (χ0v) is 9.81. The van der Waals surface area contributed by atoms with Gasteiger partial charge in [-0.2, -0.15) is 0 Å². The second kappa shape index (κ2) is 5.61. The van der Waals surface area contributed by atoms with E-state index in [2.05, 4.69) is 24.4 Å². The standard InChI is InChI=1S/C11H17NO2S/c1-9-2-3-11(15-9)7-12-6-10-4-5-13-8-14-10/h2-3,10,12H,4-8H2,1H3. The SMILES string of the molecule is Cc1ccc(CNCC2CCOCO2)s1. The third kappa shape index (κ3) is 3.57. The minimum atomic E-state index is 0.319. The van der Waals surface area contributed by atoms with Gasteiger partial charge in [0, 0.05) is 22.8 Å². The van der Waals surface area contributed by atoms with E-state index in [1.165, 1.54) is 9.75 Å². The van der Waals surface area contributed by atoms with Crippen molar-refractivity contribution >= 4 is 11.3 Å². The van der Waals surface area contributed by atoms with Crippen LogP contribution in [0, 0.1) is 6.92 Å². The number of aryl methyl sites for hydroxylation is 1. The molecule has 0 bridgehead atoms. The summed E-state index contributed by atoms with van der Waals surface area (Å²) in [6.45, 7) is 5.27. The summed E-state index contributed by atoms with van der Waals surface area (Å²) < 4.78 is 10.6. The number of ether oxygens (including phenoxy) is 2. The van der Waals surface area contributed by atoms with Gasteiger partial charge in [-0.25, -0.2) is 0 Å². The molecule has 0 aliphatic carbocycles. The van der Waals surface area contributed by atoms with Crippen LogP contribution in [0.4, 0.5) is 0 Å². The van der Waals surface area contributed by atoms with Gasteiger partial charge in [-0.3, -0.25) is 0 Å². The highest BCUT2D eigenvalue weighted by Crippen LogP contribution is 2.14. The normalized spacial score (nSPS) is 21.8. The molecule has 1 saturated heterocycles. The first-order valence-corrected chi connectivity index (χ1v) is 6.11. The maximum Gasteiger partial charge on any atom is 0.147 e. The van der Waals surface area contributed by atoms with Crippen LogP contribution in [0.15, 0.2) is 12.1 Å². The van der Waals surface area contributed by atoms with Gasteiger partial charge in [-0.1, -0.05) is 0 Å². The smallest absolute Gasteiger partial charge is 0.147 e. The van der Waals surface area contributed by atoms with Gasteiger partial charge in [0.15, 0.2) is 0 Å². The van der Waals surface area contributed by atoms with E-state index in [4.69, 9.17) is 9.47 Å². The monoisotopic (exact) mass is 227 g/mol. The van der Waals surface area contributed by atoms with Crippen molar-refractivity contribution in [2.24, 2.45) is 0 Å². The molecule has 0 spiro atoms. The van der Waals surface area contributed by atoms with Gasteiger partial charge in [0.05, 0.1) is 12.7 Å². The summed E-state index contributed by atoms with van der Waals surface area (Å²) in [7, 11) is 0. The molecule has 0 saturated carbocycles. The molecule has 1 unspecified atom stereocenters. The lowest BCUT2D eigenvalue weighted by Crippen LogP contribution is -2.33. The van der Waals surface area contributed by atoms with Crippen LogP contribution in [0.5, 0.6) is 0 Å². The minimum Gasteiger partial charge on any atom is -0.355 e. The Morgan fingerprint density at radius 2 is 2.47 bits per heavy atom. The third-order valence-corrected chi connectivity index (χ3v) is 3.44. The van der Waals surface area contributed by atoms with E-state index in [0.717, 1.165) is 26.1 Å². The van der Waals surface area contributed by atoms with Gasteiger partial charge in [0.25, 0.3) is 0 Å². The number of hydrogen-bond acceptors (Lipinski definition) is 4. The van der Waals surface area contributed by atoms with E-state index in [1.807, 2.05) is 11.3 Å². The van der Waals surface area contributed by atoms with E-state index < -0.39 is 0 Å². The molecule has 2 rings (SSSR count). The maximum atomic E-state index is 5.44. The fourth-order valence-corrected chi connectivity index (χ4v) is 2.46. The van der Waals surface area contributed by atoms with Crippen LogP contribution in [-0.2, 0) is 16.0 Å². The van der Waals surface area contributed by atoms with Gasteiger partial charge >= 0.3 is 0 Å². The Kier molecular flexibility index (Phi) is 4.14. The number of hydrogen-bond donors (Lipinski definition) is 1. The Bertz CT molecular complexity index is 295. The average Bonchev–Trinajstić information content (AvgIpc) is 2.66. The molecule has 1 atom stereocenters. The van der Waals surface area contributed by atoms with Crippen LogP contribution in [-0.4, -0.2) is 26.0 Å². The van der Waals surface area contributed by atoms with E-state index in [1.54, 1.807) is 0 Å². The molecule has 0 radical (unpaired) electrons. The predicted molar refractivity (Wildman–Crippen MR) is 61.1 cm³/mol. The summed E-state index contributed by atoms with van der Waals surface area (Å²) in [5.74, 6) is 0. The van der Waals surface area contributed by atoms with Gasteiger partial charge < -0.3 is 14.8 Å². The maximum absolute atomic E-state index is 5.44. The van der Waals surface area contributed by atoms with Crippen LogP contribution in [0.3, 0.4) is 0 Å². The highest BCUT2D eigenvalue weighted by molar-refractivity contribution is 7.11. The molecular formula is C11H17NO2S. The van der Waals surface area contributed by atoms with E-state index in [-0.39, 0.29) is 0 Å². The molecule has 1 aromatic heterocycles. The number of nitrogens with one attached hydrogen (secondary N) is 1. The molecule has 84 valence electrons. The Hall–Kier alpha value is -0.420. The van der Waals surface area contributed by atoms with Gasteiger partial charge in [0.1, 0.15) is 6.79 Å². The van der Waals surface area contributed by atoms with Gasteiger partial charge in [0.2, 0.25) is 0 Å². The lowest BCUT2D eigenvalue weighted by Gasteiger charge is -2.22. The summed E-state index contributed by atoms with van der Waals surface area (Å²) in [6.07, 6.45) is 1.32. The molecule has 4 heteroatoms. The Morgan fingerprint density at radius 1 is 1.53 bits per heavy atom. The fraction of sp³-hybridized carbons (Fsp3) is 0.636. The largest absolute Gasteiger partial charge is 0.355 e. The molecular weight excluding hydrogens is 210 g/mol. The zero-order chi connectivity index (χ0) is 10.5. The third-order valence-electron chi connectivity index (χ3n) is 2.44. The highest BCUT2D eigenvalue weighted by Gasteiger charge is 2.13. The van der Waals surface area contributed by atoms with Crippen molar-refractivity contribution in [2.45, 2.75) is 26.0 Å². The molecule has 0 amide bonds. The molecule has 1 aliphatic rings. The minimum absolute atomic E-state index is 0.319. The summed E-state index contributed by atoms with van der Waals surface area (Å²) in [6, 6.07) is 4.34. The molecule has 1 N–H and O–H groups in total. The van der Waals surface area contributed by atoms with Crippen molar-refractivity contribution < 1.29 is 9.47 Å². The van der Waals surface area contributed by atoms with Crippen LogP contribution in [0.2, 0.25) is 0 Å². The Balaban J connectivity index is 1.65. The average molecular weight is 227 g/mol. The Morgan fingerprint density at radius 3 is 3.13 bits per heavy atom. The summed E-state index contributed by atoms with van der Waals surface area (Å²) in [5.41, 5.74) is 0. The van der Waals surface area contributed by atoms with Crippen molar-refractivity contribution in [2.75, 3.05) is 19.9 Å². The van der Waals surface area contributed by atoms with Crippen LogP contribution >= 0.6 is 11.3 Å². The van der Waals surface area contributed by atoms with Crippen LogP contribution < -0.4 is 5.32 Å². The van der Waals surface area contributed by atoms with Crippen molar-refractivity contribution in [3.8, 4) is 0 Å². The summed E-state index contributed by atoms with van der Waals surface area (Å²) in [4.78, 5) is 2.76. The molecule has 0 aromatic carbocycles. The summed E-state index contributed by atoms with van der Waals surface area (Å²) >= 11 is 1.85. The van der Waals surface area contributed by atoms with Crippen molar-refractivity contribution in [3.05, 3.63) is 21.9 Å². The predicted octanol–water partition coefficient (Wildman–Crippen LogP) is 1.91. The van der Waals surface area contributed by atoms with E-state index in [9.17, 15) is 0 Å². The van der Waals surface area contributed by atoms with Crippen molar-refractivity contribution in [1.29, 1.82) is 0 Å². The van der Waals surface area contributed by atoms with E-state index in [0.29, 0.717) is 12.9 Å². The number of rotatable bonds is 4. The van der Waals surface area contributed by atoms with Gasteiger partial charge in [-0.05, 0) is 25.5 Å². The van der Waals surface area contributed by atoms with Crippen molar-refractivity contribution in [3.63, 3.8) is 0 Å². The first-order chi connectivity index (χ1) is 7.34. The molecule has 2 heterocycles. The molecule has 1 aromatic rings.